The van der Waals surface area contributed by atoms with Crippen LogP contribution in [0.1, 0.15) is 51.7 Å². The van der Waals surface area contributed by atoms with Gasteiger partial charge in [0, 0.05) is 0 Å². The standard InChI is InChI=1S/C29H41N3O8S/c1-19(2)15-24(31-26(33)23(30)17-21-11-7-5-8-12-21)27(34)32-25(16-20(3)4)29(36,41(37,38)39)28(35)40-18-22-13-9-6-10-14-22/h5-14,19-20,23-25,36H,15-18,30H2,1-4H3,(H,31,33)(H,32,34)(H,37,38,39)/t23-,24-,25?,29?/m0/s1. The Labute approximate surface area is 241 Å². The molecule has 0 aromatic heterocycles. The van der Waals surface area contributed by atoms with E-state index in [1.165, 1.54) is 0 Å². The van der Waals surface area contributed by atoms with Crippen LogP contribution in [0.3, 0.4) is 0 Å². The number of ether oxygens (including phenoxy) is 1. The van der Waals surface area contributed by atoms with Gasteiger partial charge in [0.25, 0.3) is 0 Å². The third kappa shape index (κ3) is 9.92. The number of rotatable bonds is 15. The van der Waals surface area contributed by atoms with E-state index < -0.39 is 51.0 Å². The van der Waals surface area contributed by atoms with Gasteiger partial charge in [0.2, 0.25) is 11.8 Å². The first-order valence-corrected chi connectivity index (χ1v) is 14.9. The van der Waals surface area contributed by atoms with Crippen LogP contribution in [-0.4, -0.2) is 58.9 Å². The molecule has 0 spiro atoms. The Bertz CT molecular complexity index is 1260. The summed E-state index contributed by atoms with van der Waals surface area (Å²) in [6, 6.07) is 13.4. The van der Waals surface area contributed by atoms with Gasteiger partial charge in [-0.2, -0.15) is 8.42 Å². The molecule has 2 unspecified atom stereocenters. The number of carbonyl (C=O) groups excluding carboxylic acids is 3. The molecule has 12 heteroatoms. The SMILES string of the molecule is CC(C)CC(NC(=O)[C@H](CC(C)C)NC(=O)[C@@H](N)Cc1ccccc1)C(O)(C(=O)OCc1ccccc1)S(=O)(=O)O. The van der Waals surface area contributed by atoms with Crippen molar-refractivity contribution in [2.45, 2.75) is 76.6 Å². The summed E-state index contributed by atoms with van der Waals surface area (Å²) >= 11 is 0. The fraction of sp³-hybridized carbons (Fsp3) is 0.483. The van der Waals surface area contributed by atoms with E-state index in [4.69, 9.17) is 10.5 Å². The van der Waals surface area contributed by atoms with E-state index in [2.05, 4.69) is 10.6 Å². The Morgan fingerprint density at radius 2 is 1.37 bits per heavy atom. The normalized spacial score (nSPS) is 15.4. The monoisotopic (exact) mass is 591 g/mol. The van der Waals surface area contributed by atoms with Crippen molar-refractivity contribution in [3.63, 3.8) is 0 Å². The molecule has 0 aliphatic rings. The van der Waals surface area contributed by atoms with E-state index in [1.807, 2.05) is 44.2 Å². The number of benzene rings is 2. The molecule has 0 aliphatic heterocycles. The molecule has 2 amide bonds. The number of nitrogens with one attached hydrogen (secondary N) is 2. The van der Waals surface area contributed by atoms with Gasteiger partial charge in [0.05, 0.1) is 12.1 Å². The Morgan fingerprint density at radius 3 is 1.85 bits per heavy atom. The second kappa shape index (κ2) is 15.1. The number of carbonyl (C=O) groups is 3. The van der Waals surface area contributed by atoms with Gasteiger partial charge >= 0.3 is 21.0 Å². The zero-order chi connectivity index (χ0) is 30.8. The van der Waals surface area contributed by atoms with E-state index in [-0.39, 0.29) is 37.7 Å². The molecule has 2 rings (SSSR count). The quantitative estimate of drug-likeness (QED) is 0.152. The second-order valence-electron chi connectivity index (χ2n) is 10.9. The van der Waals surface area contributed by atoms with E-state index in [9.17, 15) is 32.5 Å². The molecule has 41 heavy (non-hydrogen) atoms. The highest BCUT2D eigenvalue weighted by molar-refractivity contribution is 7.88. The van der Waals surface area contributed by atoms with Crippen LogP contribution in [0.2, 0.25) is 0 Å². The lowest BCUT2D eigenvalue weighted by Gasteiger charge is -2.34. The number of esters is 1. The summed E-state index contributed by atoms with van der Waals surface area (Å²) in [4.78, 5) is 35.9. The number of hydrogen-bond acceptors (Lipinski definition) is 8. The lowest BCUT2D eigenvalue weighted by molar-refractivity contribution is -0.162. The molecular weight excluding hydrogens is 550 g/mol. The number of amides is 2. The molecule has 4 atom stereocenters. The number of aliphatic hydroxyl groups is 1. The van der Waals surface area contributed by atoms with Crippen molar-refractivity contribution in [3.05, 3.63) is 71.8 Å². The maximum Gasteiger partial charge on any atom is 0.359 e. The Balaban J connectivity index is 2.30. The van der Waals surface area contributed by atoms with Gasteiger partial charge in [0.1, 0.15) is 12.6 Å². The van der Waals surface area contributed by atoms with Gasteiger partial charge in [-0.25, -0.2) is 4.79 Å². The molecule has 6 N–H and O–H groups in total. The molecule has 0 bridgehead atoms. The first-order chi connectivity index (χ1) is 19.1. The average Bonchev–Trinajstić information content (AvgIpc) is 2.90. The topological polar surface area (TPSA) is 185 Å². The molecule has 0 radical (unpaired) electrons. The Morgan fingerprint density at radius 1 is 0.854 bits per heavy atom. The number of nitrogens with two attached hydrogens (primary N) is 1. The summed E-state index contributed by atoms with van der Waals surface area (Å²) in [6.07, 6.45) is 0.138. The molecule has 0 saturated heterocycles. The highest BCUT2D eigenvalue weighted by atomic mass is 32.2. The third-order valence-electron chi connectivity index (χ3n) is 6.37. The summed E-state index contributed by atoms with van der Waals surface area (Å²) in [5.41, 5.74) is 7.42. The summed E-state index contributed by atoms with van der Waals surface area (Å²) in [5, 5.41) is 16.2. The molecule has 0 fully saturated rings. The van der Waals surface area contributed by atoms with Crippen LogP contribution >= 0.6 is 0 Å². The predicted molar refractivity (Wildman–Crippen MR) is 154 cm³/mol. The van der Waals surface area contributed by atoms with E-state index in [1.54, 1.807) is 44.2 Å². The van der Waals surface area contributed by atoms with Gasteiger partial charge in [0.15, 0.2) is 0 Å². The third-order valence-corrected chi connectivity index (χ3v) is 7.61. The molecule has 2 aromatic rings. The summed E-state index contributed by atoms with van der Waals surface area (Å²) in [5.74, 6) is -3.54. The lowest BCUT2D eigenvalue weighted by atomic mass is 9.96. The average molecular weight is 592 g/mol. The van der Waals surface area contributed by atoms with Crippen LogP contribution in [-0.2, 0) is 42.3 Å². The van der Waals surface area contributed by atoms with Crippen LogP contribution in [0.15, 0.2) is 60.7 Å². The minimum Gasteiger partial charge on any atom is -0.458 e. The van der Waals surface area contributed by atoms with Crippen LogP contribution in [0.4, 0.5) is 0 Å². The summed E-state index contributed by atoms with van der Waals surface area (Å²) in [6.45, 7) is 6.60. The van der Waals surface area contributed by atoms with E-state index >= 15 is 0 Å². The highest BCUT2D eigenvalue weighted by Gasteiger charge is 2.57. The zero-order valence-electron chi connectivity index (χ0n) is 23.8. The van der Waals surface area contributed by atoms with Crippen molar-refractivity contribution < 1.29 is 37.2 Å². The minimum atomic E-state index is -5.52. The van der Waals surface area contributed by atoms with Crippen molar-refractivity contribution in [2.24, 2.45) is 17.6 Å². The maximum atomic E-state index is 13.5. The van der Waals surface area contributed by atoms with Crippen molar-refractivity contribution in [1.82, 2.24) is 10.6 Å². The van der Waals surface area contributed by atoms with Crippen molar-refractivity contribution in [2.75, 3.05) is 0 Å². The largest absolute Gasteiger partial charge is 0.458 e. The molecule has 0 saturated carbocycles. The highest BCUT2D eigenvalue weighted by Crippen LogP contribution is 2.26. The van der Waals surface area contributed by atoms with Gasteiger partial charge in [-0.1, -0.05) is 88.4 Å². The van der Waals surface area contributed by atoms with Gasteiger partial charge in [-0.15, -0.1) is 0 Å². The minimum absolute atomic E-state index is 0.0868. The maximum absolute atomic E-state index is 13.5. The van der Waals surface area contributed by atoms with Gasteiger partial charge in [-0.05, 0) is 42.2 Å². The smallest absolute Gasteiger partial charge is 0.359 e. The second-order valence-corrected chi connectivity index (χ2v) is 12.5. The molecule has 11 nitrogen and oxygen atoms in total. The molecular formula is C29H41N3O8S. The van der Waals surface area contributed by atoms with Crippen molar-refractivity contribution in [1.29, 1.82) is 0 Å². The van der Waals surface area contributed by atoms with Crippen LogP contribution in [0.25, 0.3) is 0 Å². The summed E-state index contributed by atoms with van der Waals surface area (Å²) < 4.78 is 40.0. The predicted octanol–water partition coefficient (Wildman–Crippen LogP) is 1.94. The molecule has 2 aromatic carbocycles. The van der Waals surface area contributed by atoms with Crippen molar-refractivity contribution >= 4 is 27.9 Å². The Hall–Kier alpha value is -3.32. The fourth-order valence-corrected chi connectivity index (χ4v) is 5.04. The van der Waals surface area contributed by atoms with Crippen LogP contribution < -0.4 is 16.4 Å². The van der Waals surface area contributed by atoms with Gasteiger partial charge in [-0.3, -0.25) is 14.1 Å². The van der Waals surface area contributed by atoms with E-state index in [0.29, 0.717) is 5.56 Å². The first-order valence-electron chi connectivity index (χ1n) is 13.5. The fourth-order valence-electron chi connectivity index (χ4n) is 4.26. The molecule has 226 valence electrons. The lowest BCUT2D eigenvalue weighted by Crippen LogP contribution is -2.64. The summed E-state index contributed by atoms with van der Waals surface area (Å²) in [7, 11) is -5.52. The first kappa shape index (κ1) is 33.9. The van der Waals surface area contributed by atoms with E-state index in [0.717, 1.165) is 5.56 Å². The van der Waals surface area contributed by atoms with Crippen LogP contribution in [0, 0.1) is 11.8 Å². The van der Waals surface area contributed by atoms with Gasteiger partial charge < -0.3 is 26.2 Å². The number of hydrogen-bond donors (Lipinski definition) is 5. The zero-order valence-corrected chi connectivity index (χ0v) is 24.6. The molecule has 0 aliphatic carbocycles. The van der Waals surface area contributed by atoms with Crippen molar-refractivity contribution in [3.8, 4) is 0 Å². The Kier molecular flexibility index (Phi) is 12.4. The molecule has 0 heterocycles. The van der Waals surface area contributed by atoms with Crippen LogP contribution in [0.5, 0.6) is 0 Å².